The van der Waals surface area contributed by atoms with Crippen LogP contribution >= 0.6 is 28.6 Å². The molecule has 200 valence electrons. The summed E-state index contributed by atoms with van der Waals surface area (Å²) in [6, 6.07) is 3.20. The van der Waals surface area contributed by atoms with E-state index in [2.05, 4.69) is 48.8 Å². The van der Waals surface area contributed by atoms with Crippen LogP contribution in [0.1, 0.15) is 11.3 Å². The molecule has 4 heterocycles. The van der Waals surface area contributed by atoms with Crippen molar-refractivity contribution in [3.05, 3.63) is 82.6 Å². The maximum atomic E-state index is 14.0. The molecule has 1 fully saturated rings. The van der Waals surface area contributed by atoms with E-state index < -0.39 is 53.3 Å². The zero-order valence-corrected chi connectivity index (χ0v) is 21.6. The second kappa shape index (κ2) is 10.7. The van der Waals surface area contributed by atoms with Gasteiger partial charge in [-0.25, -0.2) is 22.8 Å². The molecule has 15 heteroatoms. The molecule has 0 bridgehead atoms. The number of thiol groups is 1. The largest absolute Gasteiger partial charge is 0.451 e. The smallest absolute Gasteiger partial charge is 0.194 e. The summed E-state index contributed by atoms with van der Waals surface area (Å²) >= 11 is 7.92. The minimum absolute atomic E-state index is 0.0321. The lowest BCUT2D eigenvalue weighted by molar-refractivity contribution is -0.222. The molecular formula is C23H19BrF3N5O5S. The fraction of sp³-hybridized carbons (Fsp3) is 0.304. The lowest BCUT2D eigenvalue weighted by Crippen LogP contribution is -2.68. The van der Waals surface area contributed by atoms with Crippen LogP contribution in [0, 0.1) is 17.5 Å². The summed E-state index contributed by atoms with van der Waals surface area (Å²) in [5, 5.41) is 29.9. The average Bonchev–Trinajstić information content (AvgIpc) is 3.60. The predicted molar refractivity (Wildman–Crippen MR) is 130 cm³/mol. The van der Waals surface area contributed by atoms with Crippen molar-refractivity contribution in [3.63, 3.8) is 0 Å². The number of oxazole rings is 1. The van der Waals surface area contributed by atoms with Crippen LogP contribution in [0.25, 0.3) is 11.3 Å². The number of aliphatic hydroxyl groups excluding tert-OH is 2. The monoisotopic (exact) mass is 613 g/mol. The molecule has 0 radical (unpaired) electrons. The summed E-state index contributed by atoms with van der Waals surface area (Å²) in [6.45, 7) is -0.676. The molecule has 3 aromatic heterocycles. The van der Waals surface area contributed by atoms with Crippen LogP contribution in [0.2, 0.25) is 0 Å². The molecule has 5 atom stereocenters. The first-order chi connectivity index (χ1) is 18.2. The van der Waals surface area contributed by atoms with Gasteiger partial charge in [-0.3, -0.25) is 4.98 Å². The highest BCUT2D eigenvalue weighted by atomic mass is 79.9. The second-order valence-corrected chi connectivity index (χ2v) is 9.85. The maximum Gasteiger partial charge on any atom is 0.194 e. The molecule has 1 aliphatic heterocycles. The molecule has 0 spiro atoms. The summed E-state index contributed by atoms with van der Waals surface area (Å²) in [4.78, 5) is 8.25. The Morgan fingerprint density at radius 1 is 1.18 bits per heavy atom. The molecule has 1 aliphatic rings. The second-order valence-electron chi connectivity index (χ2n) is 8.42. The third-order valence-corrected chi connectivity index (χ3v) is 7.03. The minimum atomic E-state index is -1.69. The number of ether oxygens (including phenoxy) is 2. The van der Waals surface area contributed by atoms with E-state index in [1.165, 1.54) is 35.9 Å². The van der Waals surface area contributed by atoms with E-state index in [4.69, 9.17) is 13.9 Å². The number of rotatable bonds is 7. The van der Waals surface area contributed by atoms with Crippen molar-refractivity contribution in [3.8, 4) is 11.3 Å². The van der Waals surface area contributed by atoms with E-state index in [0.29, 0.717) is 15.7 Å². The predicted octanol–water partition coefficient (Wildman–Crippen LogP) is 2.84. The SMILES string of the molecule is OC[C@@H]1O[C@@H](S)[C@@H](OCc2cocn2)[C@](c2cncc(Br)c2)(n2cc(-c3cc(F)c(F)c(F)c3)nn2)[C@@H]1O. The topological polar surface area (TPSA) is 129 Å². The normalized spacial score (nSPS) is 25.6. The van der Waals surface area contributed by atoms with Gasteiger partial charge in [0.05, 0.1) is 19.4 Å². The molecule has 10 nitrogen and oxygen atoms in total. The average molecular weight is 614 g/mol. The van der Waals surface area contributed by atoms with E-state index >= 15 is 0 Å². The Bertz CT molecular complexity index is 1410. The van der Waals surface area contributed by atoms with Crippen molar-refractivity contribution < 1.29 is 37.3 Å². The third kappa shape index (κ3) is 4.63. The number of hydrogen-bond acceptors (Lipinski definition) is 10. The van der Waals surface area contributed by atoms with E-state index in [-0.39, 0.29) is 17.9 Å². The molecule has 1 saturated heterocycles. The molecule has 0 amide bonds. The Morgan fingerprint density at radius 3 is 2.61 bits per heavy atom. The Hall–Kier alpha value is -2.82. The Balaban J connectivity index is 1.70. The number of benzene rings is 1. The van der Waals surface area contributed by atoms with Gasteiger partial charge in [-0.05, 0) is 34.1 Å². The highest BCUT2D eigenvalue weighted by Crippen LogP contribution is 2.45. The van der Waals surface area contributed by atoms with Crippen molar-refractivity contribution in [2.45, 2.75) is 35.9 Å². The van der Waals surface area contributed by atoms with Crippen molar-refractivity contribution in [2.75, 3.05) is 6.61 Å². The van der Waals surface area contributed by atoms with Gasteiger partial charge in [-0.1, -0.05) is 5.21 Å². The third-order valence-electron chi connectivity index (χ3n) is 6.20. The van der Waals surface area contributed by atoms with Gasteiger partial charge < -0.3 is 24.1 Å². The maximum absolute atomic E-state index is 14.0. The summed E-state index contributed by atoms with van der Waals surface area (Å²) < 4.78 is 60.2. The van der Waals surface area contributed by atoms with Crippen molar-refractivity contribution in [1.29, 1.82) is 0 Å². The fourth-order valence-corrected chi connectivity index (χ4v) is 5.31. The lowest BCUT2D eigenvalue weighted by atomic mass is 9.76. The summed E-state index contributed by atoms with van der Waals surface area (Å²) in [7, 11) is 0. The molecule has 0 saturated carbocycles. The first kappa shape index (κ1) is 26.8. The highest BCUT2D eigenvalue weighted by Gasteiger charge is 2.59. The Labute approximate surface area is 227 Å². The lowest BCUT2D eigenvalue weighted by Gasteiger charge is -2.51. The van der Waals surface area contributed by atoms with E-state index in [9.17, 15) is 23.4 Å². The quantitative estimate of drug-likeness (QED) is 0.213. The summed E-state index contributed by atoms with van der Waals surface area (Å²) in [6.07, 6.45) is 3.09. The Morgan fingerprint density at radius 2 is 1.95 bits per heavy atom. The van der Waals surface area contributed by atoms with E-state index in [1.54, 1.807) is 6.07 Å². The van der Waals surface area contributed by atoms with Gasteiger partial charge in [-0.2, -0.15) is 0 Å². The van der Waals surface area contributed by atoms with Gasteiger partial charge in [0.25, 0.3) is 0 Å². The van der Waals surface area contributed by atoms with Crippen LogP contribution in [0.4, 0.5) is 13.2 Å². The number of nitrogens with zero attached hydrogens (tertiary/aromatic N) is 5. The van der Waals surface area contributed by atoms with Crippen LogP contribution in [0.15, 0.2) is 58.3 Å². The van der Waals surface area contributed by atoms with Gasteiger partial charge in [-0.15, -0.1) is 17.7 Å². The molecule has 4 aromatic rings. The van der Waals surface area contributed by atoms with Gasteiger partial charge in [0, 0.05) is 28.0 Å². The van der Waals surface area contributed by atoms with E-state index in [1.807, 2.05) is 0 Å². The fourth-order valence-electron chi connectivity index (χ4n) is 4.47. The van der Waals surface area contributed by atoms with Crippen molar-refractivity contribution in [2.24, 2.45) is 0 Å². The highest BCUT2D eigenvalue weighted by molar-refractivity contribution is 9.10. The molecule has 1 aromatic carbocycles. The summed E-state index contributed by atoms with van der Waals surface area (Å²) in [5.41, 5.74) is -2.07. The molecule has 38 heavy (non-hydrogen) atoms. The summed E-state index contributed by atoms with van der Waals surface area (Å²) in [5.74, 6) is -4.44. The molecule has 5 rings (SSSR count). The van der Waals surface area contributed by atoms with Crippen LogP contribution in [0.5, 0.6) is 0 Å². The molecular weight excluding hydrogens is 595 g/mol. The number of halogens is 4. The van der Waals surface area contributed by atoms with Crippen LogP contribution in [-0.2, 0) is 21.6 Å². The zero-order chi connectivity index (χ0) is 27.0. The van der Waals surface area contributed by atoms with Crippen LogP contribution in [-0.4, -0.2) is 65.5 Å². The number of aliphatic hydroxyl groups is 2. The number of aromatic nitrogens is 5. The van der Waals surface area contributed by atoms with E-state index in [0.717, 1.165) is 12.1 Å². The first-order valence-electron chi connectivity index (χ1n) is 11.1. The Kier molecular flexibility index (Phi) is 7.57. The number of pyridine rings is 1. The first-order valence-corrected chi connectivity index (χ1v) is 12.4. The van der Waals surface area contributed by atoms with Crippen molar-refractivity contribution >= 4 is 28.6 Å². The van der Waals surface area contributed by atoms with Crippen LogP contribution < -0.4 is 0 Å². The van der Waals surface area contributed by atoms with Gasteiger partial charge in [0.2, 0.25) is 0 Å². The van der Waals surface area contributed by atoms with Gasteiger partial charge in [0.1, 0.15) is 46.9 Å². The van der Waals surface area contributed by atoms with Crippen LogP contribution in [0.3, 0.4) is 0 Å². The van der Waals surface area contributed by atoms with Crippen molar-refractivity contribution in [1.82, 2.24) is 25.0 Å². The van der Waals surface area contributed by atoms with Gasteiger partial charge >= 0.3 is 0 Å². The molecule has 0 aliphatic carbocycles. The molecule has 2 N–H and O–H groups in total. The number of hydrogen-bond donors (Lipinski definition) is 3. The molecule has 0 unspecified atom stereocenters. The zero-order valence-electron chi connectivity index (χ0n) is 19.2. The standard InChI is InChI=1S/C23H19BrF3N5O5S/c24-13-3-12(4-28-5-13)23(32-6-17(30-31-32)11-1-15(25)19(27)16(26)2-11)20(34)18(7-33)37-22(38)21(23)36-9-14-8-35-10-29-14/h1-6,8,10,18,20-22,33-34,38H,7,9H2/t18-,20+,21+,22-,23+/m0/s1. The van der Waals surface area contributed by atoms with Gasteiger partial charge in [0.15, 0.2) is 23.8 Å². The minimum Gasteiger partial charge on any atom is -0.451 e.